The smallest absolute Gasteiger partial charge is 0.0446 e. The van der Waals surface area contributed by atoms with Crippen molar-refractivity contribution in [3.8, 4) is 0 Å². The maximum Gasteiger partial charge on any atom is 0.0446 e. The van der Waals surface area contributed by atoms with Crippen LogP contribution in [0.15, 0.2) is 24.3 Å². The quantitative estimate of drug-likeness (QED) is 0.906. The molecule has 3 rings (SSSR count). The van der Waals surface area contributed by atoms with Gasteiger partial charge in [0.1, 0.15) is 0 Å². The van der Waals surface area contributed by atoms with Crippen molar-refractivity contribution in [2.45, 2.75) is 57.7 Å². The summed E-state index contributed by atoms with van der Waals surface area (Å²) in [4.78, 5) is 5.27. The predicted octanol–water partition coefficient (Wildman–Crippen LogP) is 2.81. The van der Waals surface area contributed by atoms with Crippen LogP contribution < -0.4 is 0 Å². The molecule has 2 fully saturated rings. The molecule has 1 aromatic rings. The number of aliphatic hydroxyl groups excluding tert-OH is 1. The molecule has 122 valence electrons. The molecule has 3 nitrogen and oxygen atoms in total. The van der Waals surface area contributed by atoms with Crippen LogP contribution >= 0.6 is 0 Å². The zero-order valence-electron chi connectivity index (χ0n) is 13.9. The molecule has 1 unspecified atom stereocenters. The molecule has 1 saturated heterocycles. The Morgan fingerprint density at radius 1 is 1.09 bits per heavy atom. The van der Waals surface area contributed by atoms with Gasteiger partial charge in [-0.25, -0.2) is 0 Å². The third-order valence-corrected chi connectivity index (χ3v) is 5.40. The average molecular weight is 302 g/mol. The third-order valence-electron chi connectivity index (χ3n) is 5.40. The van der Waals surface area contributed by atoms with Crippen molar-refractivity contribution in [1.29, 1.82) is 0 Å². The van der Waals surface area contributed by atoms with Crippen molar-refractivity contribution in [1.82, 2.24) is 9.80 Å². The first-order valence-corrected chi connectivity index (χ1v) is 8.91. The molecule has 1 atom stereocenters. The number of piperazine rings is 1. The lowest BCUT2D eigenvalue weighted by Gasteiger charge is -2.44. The van der Waals surface area contributed by atoms with E-state index in [1.807, 2.05) is 0 Å². The second-order valence-corrected chi connectivity index (χ2v) is 7.06. The molecule has 1 aliphatic carbocycles. The van der Waals surface area contributed by atoms with E-state index < -0.39 is 0 Å². The molecule has 1 aromatic carbocycles. The van der Waals surface area contributed by atoms with Crippen molar-refractivity contribution in [3.05, 3.63) is 35.4 Å². The zero-order valence-corrected chi connectivity index (χ0v) is 13.9. The Morgan fingerprint density at radius 3 is 2.50 bits per heavy atom. The van der Waals surface area contributed by atoms with E-state index in [4.69, 9.17) is 0 Å². The minimum atomic E-state index is 0.312. The van der Waals surface area contributed by atoms with Gasteiger partial charge in [-0.1, -0.05) is 42.7 Å². The Bertz CT molecular complexity index is 453. The van der Waals surface area contributed by atoms with Crippen LogP contribution in [0.2, 0.25) is 0 Å². The highest BCUT2D eigenvalue weighted by Crippen LogP contribution is 2.28. The molecule has 3 heteroatoms. The number of benzene rings is 1. The summed E-state index contributed by atoms with van der Waals surface area (Å²) in [6.07, 6.45) is 6.42. The Hall–Kier alpha value is -0.900. The Labute approximate surface area is 134 Å². The molecule has 0 radical (unpaired) electrons. The van der Waals surface area contributed by atoms with E-state index in [-0.39, 0.29) is 0 Å². The van der Waals surface area contributed by atoms with Crippen LogP contribution in [-0.2, 0) is 6.54 Å². The van der Waals surface area contributed by atoms with Gasteiger partial charge < -0.3 is 5.11 Å². The molecule has 0 bridgehead atoms. The molecular weight excluding hydrogens is 272 g/mol. The number of hydrogen-bond acceptors (Lipinski definition) is 3. The Morgan fingerprint density at radius 2 is 1.82 bits per heavy atom. The standard InChI is InChI=1S/C19H30N2O/c1-16-6-8-17(9-7-16)14-20-11-12-21(18-4-2-3-5-18)19(15-20)10-13-22/h6-9,18-19,22H,2-5,10-15H2,1H3. The summed E-state index contributed by atoms with van der Waals surface area (Å²) in [5.41, 5.74) is 2.73. The second-order valence-electron chi connectivity index (χ2n) is 7.06. The first-order chi connectivity index (χ1) is 10.8. The lowest BCUT2D eigenvalue weighted by Crippen LogP contribution is -2.55. The van der Waals surface area contributed by atoms with Crippen LogP contribution in [0.4, 0.5) is 0 Å². The van der Waals surface area contributed by atoms with Crippen LogP contribution in [0.25, 0.3) is 0 Å². The summed E-state index contributed by atoms with van der Waals surface area (Å²) >= 11 is 0. The van der Waals surface area contributed by atoms with Gasteiger partial charge in [0, 0.05) is 44.9 Å². The van der Waals surface area contributed by atoms with E-state index in [1.54, 1.807) is 0 Å². The minimum absolute atomic E-state index is 0.312. The van der Waals surface area contributed by atoms with Gasteiger partial charge in [0.25, 0.3) is 0 Å². The maximum atomic E-state index is 9.44. The van der Waals surface area contributed by atoms with Crippen LogP contribution in [0.5, 0.6) is 0 Å². The van der Waals surface area contributed by atoms with Crippen molar-refractivity contribution < 1.29 is 5.11 Å². The van der Waals surface area contributed by atoms with E-state index in [0.717, 1.165) is 32.1 Å². The van der Waals surface area contributed by atoms with Gasteiger partial charge in [-0.15, -0.1) is 0 Å². The second kappa shape index (κ2) is 7.58. The first-order valence-electron chi connectivity index (χ1n) is 8.91. The Balaban J connectivity index is 1.60. The summed E-state index contributed by atoms with van der Waals surface area (Å²) in [5.74, 6) is 0. The fraction of sp³-hybridized carbons (Fsp3) is 0.684. The van der Waals surface area contributed by atoms with Crippen molar-refractivity contribution >= 4 is 0 Å². The number of nitrogens with zero attached hydrogens (tertiary/aromatic N) is 2. The molecule has 2 aliphatic rings. The molecule has 22 heavy (non-hydrogen) atoms. The fourth-order valence-electron chi connectivity index (χ4n) is 4.15. The molecule has 0 amide bonds. The van der Waals surface area contributed by atoms with Gasteiger partial charge >= 0.3 is 0 Å². The summed E-state index contributed by atoms with van der Waals surface area (Å²) < 4.78 is 0. The molecule has 1 heterocycles. The number of aliphatic hydroxyl groups is 1. The maximum absolute atomic E-state index is 9.44. The van der Waals surface area contributed by atoms with Crippen LogP contribution in [-0.4, -0.2) is 53.2 Å². The fourth-order valence-corrected chi connectivity index (χ4v) is 4.15. The van der Waals surface area contributed by atoms with Gasteiger partial charge in [-0.2, -0.15) is 0 Å². The monoisotopic (exact) mass is 302 g/mol. The summed E-state index contributed by atoms with van der Waals surface area (Å²) in [7, 11) is 0. The molecule has 0 aromatic heterocycles. The highest BCUT2D eigenvalue weighted by Gasteiger charge is 2.32. The van der Waals surface area contributed by atoms with Gasteiger partial charge in [0.15, 0.2) is 0 Å². The lowest BCUT2D eigenvalue weighted by atomic mass is 10.0. The van der Waals surface area contributed by atoms with E-state index in [2.05, 4.69) is 41.0 Å². The van der Waals surface area contributed by atoms with Crippen LogP contribution in [0, 0.1) is 6.92 Å². The highest BCUT2D eigenvalue weighted by molar-refractivity contribution is 5.21. The predicted molar refractivity (Wildman–Crippen MR) is 90.9 cm³/mol. The number of rotatable bonds is 5. The first kappa shape index (κ1) is 16.0. The lowest BCUT2D eigenvalue weighted by molar-refractivity contribution is 0.0267. The van der Waals surface area contributed by atoms with Crippen LogP contribution in [0.3, 0.4) is 0 Å². The Kier molecular flexibility index (Phi) is 5.51. The highest BCUT2D eigenvalue weighted by atomic mass is 16.3. The van der Waals surface area contributed by atoms with Crippen molar-refractivity contribution in [2.75, 3.05) is 26.2 Å². The topological polar surface area (TPSA) is 26.7 Å². The van der Waals surface area contributed by atoms with Gasteiger partial charge in [-0.3, -0.25) is 9.80 Å². The normalized spacial score (nSPS) is 24.9. The van der Waals surface area contributed by atoms with Gasteiger partial charge in [0.2, 0.25) is 0 Å². The molecule has 1 saturated carbocycles. The summed E-state index contributed by atoms with van der Waals surface area (Å²) in [6, 6.07) is 10.2. The summed E-state index contributed by atoms with van der Waals surface area (Å²) in [6.45, 7) is 6.92. The van der Waals surface area contributed by atoms with E-state index >= 15 is 0 Å². The minimum Gasteiger partial charge on any atom is -0.396 e. The van der Waals surface area contributed by atoms with E-state index in [1.165, 1.54) is 43.4 Å². The van der Waals surface area contributed by atoms with Gasteiger partial charge in [0.05, 0.1) is 0 Å². The largest absolute Gasteiger partial charge is 0.396 e. The summed E-state index contributed by atoms with van der Waals surface area (Å²) in [5, 5.41) is 9.44. The van der Waals surface area contributed by atoms with Crippen molar-refractivity contribution in [2.24, 2.45) is 0 Å². The molecular formula is C19H30N2O. The molecule has 1 N–H and O–H groups in total. The van der Waals surface area contributed by atoms with E-state index in [9.17, 15) is 5.11 Å². The SMILES string of the molecule is Cc1ccc(CN2CCN(C3CCCC3)C(CCO)C2)cc1. The zero-order chi connectivity index (χ0) is 15.4. The molecule has 1 aliphatic heterocycles. The molecule has 0 spiro atoms. The van der Waals surface area contributed by atoms with Gasteiger partial charge in [-0.05, 0) is 31.7 Å². The van der Waals surface area contributed by atoms with Crippen LogP contribution in [0.1, 0.15) is 43.2 Å². The van der Waals surface area contributed by atoms with Crippen molar-refractivity contribution in [3.63, 3.8) is 0 Å². The van der Waals surface area contributed by atoms with E-state index in [0.29, 0.717) is 12.6 Å². The average Bonchev–Trinajstić information content (AvgIpc) is 3.04. The third kappa shape index (κ3) is 3.89. The number of hydrogen-bond donors (Lipinski definition) is 1. The number of aryl methyl sites for hydroxylation is 1.